The van der Waals surface area contributed by atoms with E-state index in [0.29, 0.717) is 33.0 Å². The first-order chi connectivity index (χ1) is 10.9. The third-order valence-electron chi connectivity index (χ3n) is 4.39. The lowest BCUT2D eigenvalue weighted by atomic mass is 9.82. The zero-order valence-electron chi connectivity index (χ0n) is 13.3. The van der Waals surface area contributed by atoms with Gasteiger partial charge in [0.05, 0.1) is 0 Å². The van der Waals surface area contributed by atoms with Crippen LogP contribution >= 0.6 is 11.6 Å². The van der Waals surface area contributed by atoms with Gasteiger partial charge in [0.15, 0.2) is 0 Å². The van der Waals surface area contributed by atoms with Crippen molar-refractivity contribution in [2.75, 3.05) is 0 Å². The van der Waals surface area contributed by atoms with Crippen molar-refractivity contribution in [2.24, 2.45) is 5.92 Å². The highest BCUT2D eigenvalue weighted by atomic mass is 35.5. The van der Waals surface area contributed by atoms with Gasteiger partial charge < -0.3 is 9.84 Å². The Labute approximate surface area is 140 Å². The van der Waals surface area contributed by atoms with Gasteiger partial charge in [0, 0.05) is 32.5 Å². The monoisotopic (exact) mass is 330 g/mol. The molecule has 3 nitrogen and oxygen atoms in total. The van der Waals surface area contributed by atoms with Gasteiger partial charge in [-0.15, -0.1) is 0 Å². The number of rotatable bonds is 2. The number of fused-ring (bicyclic) bond motifs is 2. The minimum atomic E-state index is -0.452. The van der Waals surface area contributed by atoms with Crippen LogP contribution in [0.2, 0.25) is 5.02 Å². The summed E-state index contributed by atoms with van der Waals surface area (Å²) in [5.74, 6) is 0.810. The molecular weight excluding hydrogens is 312 g/mol. The van der Waals surface area contributed by atoms with Crippen LogP contribution in [0.5, 0.6) is 11.5 Å². The number of aromatic hydroxyl groups is 1. The fraction of sp³-hybridized carbons (Fsp3) is 0.316. The van der Waals surface area contributed by atoms with Crippen LogP contribution in [0.25, 0.3) is 10.8 Å². The van der Waals surface area contributed by atoms with Gasteiger partial charge in [-0.05, 0) is 50.3 Å². The first-order valence-corrected chi connectivity index (χ1v) is 8.10. The molecule has 0 radical (unpaired) electrons. The predicted molar refractivity (Wildman–Crippen MR) is 92.3 cm³/mol. The average Bonchev–Trinajstić information content (AvgIpc) is 2.51. The summed E-state index contributed by atoms with van der Waals surface area (Å²) in [5.41, 5.74) is 2.13. The van der Waals surface area contributed by atoms with Crippen LogP contribution < -0.4 is 4.74 Å². The van der Waals surface area contributed by atoms with Crippen molar-refractivity contribution in [2.45, 2.75) is 33.1 Å². The number of esters is 1. The summed E-state index contributed by atoms with van der Waals surface area (Å²) in [4.78, 5) is 12.1. The van der Waals surface area contributed by atoms with E-state index >= 15 is 0 Å². The Morgan fingerprint density at radius 3 is 2.78 bits per heavy atom. The van der Waals surface area contributed by atoms with Gasteiger partial charge in [0.25, 0.3) is 0 Å². The number of ether oxygens (including phenoxy) is 1. The van der Waals surface area contributed by atoms with E-state index in [0.717, 1.165) is 30.4 Å². The van der Waals surface area contributed by atoms with Gasteiger partial charge in [0.1, 0.15) is 11.5 Å². The number of benzene rings is 2. The Morgan fingerprint density at radius 2 is 2.09 bits per heavy atom. The molecule has 0 saturated carbocycles. The summed E-state index contributed by atoms with van der Waals surface area (Å²) in [6, 6.07) is 5.24. The molecule has 1 unspecified atom stereocenters. The van der Waals surface area contributed by atoms with Gasteiger partial charge in [-0.2, -0.15) is 0 Å². The Hall–Kier alpha value is -2.00. The topological polar surface area (TPSA) is 46.5 Å². The molecule has 1 N–H and O–H groups in total. The molecule has 0 aliphatic heterocycles. The number of halogens is 1. The molecule has 23 heavy (non-hydrogen) atoms. The molecule has 120 valence electrons. The van der Waals surface area contributed by atoms with Crippen LogP contribution in [0.1, 0.15) is 31.4 Å². The number of hydrogen-bond donors (Lipinski definition) is 1. The minimum Gasteiger partial charge on any atom is -0.507 e. The van der Waals surface area contributed by atoms with E-state index in [4.69, 9.17) is 16.3 Å². The highest BCUT2D eigenvalue weighted by molar-refractivity contribution is 6.31. The fourth-order valence-corrected chi connectivity index (χ4v) is 3.31. The van der Waals surface area contributed by atoms with E-state index < -0.39 is 5.97 Å². The van der Waals surface area contributed by atoms with Crippen LogP contribution in [0, 0.1) is 5.92 Å². The molecule has 0 saturated heterocycles. The van der Waals surface area contributed by atoms with Crippen LogP contribution in [0.4, 0.5) is 0 Å². The van der Waals surface area contributed by atoms with E-state index in [1.807, 2.05) is 0 Å². The highest BCUT2D eigenvalue weighted by Crippen LogP contribution is 2.45. The molecule has 0 bridgehead atoms. The number of hydrogen-bond acceptors (Lipinski definition) is 3. The second-order valence-electron chi connectivity index (χ2n) is 6.34. The Bertz CT molecular complexity index is 823. The molecular formula is C19H19ClO3. The molecule has 0 aromatic heterocycles. The lowest BCUT2D eigenvalue weighted by Crippen LogP contribution is -2.16. The molecule has 1 atom stereocenters. The summed E-state index contributed by atoms with van der Waals surface area (Å²) in [6.45, 7) is 7.43. The van der Waals surface area contributed by atoms with Crippen molar-refractivity contribution in [1.29, 1.82) is 0 Å². The molecule has 0 spiro atoms. The van der Waals surface area contributed by atoms with E-state index in [9.17, 15) is 9.90 Å². The maximum absolute atomic E-state index is 12.1. The third-order valence-corrected chi connectivity index (χ3v) is 4.62. The molecule has 0 heterocycles. The molecule has 1 aliphatic carbocycles. The van der Waals surface area contributed by atoms with Crippen molar-refractivity contribution in [3.8, 4) is 11.5 Å². The summed E-state index contributed by atoms with van der Waals surface area (Å²) in [7, 11) is 0. The summed E-state index contributed by atoms with van der Waals surface area (Å²) < 4.78 is 5.64. The normalized spacial score (nSPS) is 16.9. The van der Waals surface area contributed by atoms with E-state index in [1.165, 1.54) is 0 Å². The zero-order chi connectivity index (χ0) is 16.7. The first-order valence-electron chi connectivity index (χ1n) is 7.72. The van der Waals surface area contributed by atoms with Gasteiger partial charge in [-0.25, -0.2) is 4.79 Å². The van der Waals surface area contributed by atoms with Crippen molar-refractivity contribution < 1.29 is 14.6 Å². The van der Waals surface area contributed by atoms with Crippen LogP contribution in [-0.4, -0.2) is 11.1 Å². The lowest BCUT2D eigenvalue weighted by Gasteiger charge is -2.26. The fourth-order valence-electron chi connectivity index (χ4n) is 3.14. The second-order valence-corrected chi connectivity index (χ2v) is 6.78. The van der Waals surface area contributed by atoms with Gasteiger partial charge in [-0.3, -0.25) is 0 Å². The Kier molecular flexibility index (Phi) is 4.07. The summed E-state index contributed by atoms with van der Waals surface area (Å²) in [5, 5.41) is 12.5. The predicted octanol–water partition coefficient (Wildman–Crippen LogP) is 4.81. The van der Waals surface area contributed by atoms with E-state index in [2.05, 4.69) is 13.5 Å². The highest BCUT2D eigenvalue weighted by Gasteiger charge is 2.26. The summed E-state index contributed by atoms with van der Waals surface area (Å²) in [6.07, 6.45) is 2.54. The van der Waals surface area contributed by atoms with Crippen molar-refractivity contribution in [3.05, 3.63) is 46.5 Å². The SMILES string of the molecule is C=C(C)C(=O)Oc1c2c(c(O)c3cc(Cl)ccc13)CCC(C)C2. The van der Waals surface area contributed by atoms with Crippen LogP contribution in [0.3, 0.4) is 0 Å². The third kappa shape index (κ3) is 2.81. The second kappa shape index (κ2) is 5.89. The van der Waals surface area contributed by atoms with E-state index in [-0.39, 0.29) is 5.75 Å². The number of carbonyl (C=O) groups is 1. The number of phenols is 1. The van der Waals surface area contributed by atoms with Crippen LogP contribution in [0.15, 0.2) is 30.4 Å². The molecule has 4 heteroatoms. The number of phenolic OH excluding ortho intramolecular Hbond substituents is 1. The maximum Gasteiger partial charge on any atom is 0.338 e. The van der Waals surface area contributed by atoms with Crippen LogP contribution in [-0.2, 0) is 17.6 Å². The van der Waals surface area contributed by atoms with E-state index in [1.54, 1.807) is 25.1 Å². The zero-order valence-corrected chi connectivity index (χ0v) is 14.0. The molecule has 0 fully saturated rings. The average molecular weight is 331 g/mol. The smallest absolute Gasteiger partial charge is 0.338 e. The molecule has 0 amide bonds. The standard InChI is InChI=1S/C19H19ClO3/c1-10(2)19(22)23-18-14-7-5-12(20)9-15(14)17(21)13-6-4-11(3)8-16(13)18/h5,7,9,11,21H,1,4,6,8H2,2-3H3. The maximum atomic E-state index is 12.1. The largest absolute Gasteiger partial charge is 0.507 e. The van der Waals surface area contributed by atoms with Gasteiger partial charge >= 0.3 is 5.97 Å². The lowest BCUT2D eigenvalue weighted by molar-refractivity contribution is -0.130. The quantitative estimate of drug-likeness (QED) is 0.488. The molecule has 2 aromatic carbocycles. The first kappa shape index (κ1) is 15.9. The van der Waals surface area contributed by atoms with Gasteiger partial charge in [-0.1, -0.05) is 25.1 Å². The van der Waals surface area contributed by atoms with Crippen molar-refractivity contribution in [3.63, 3.8) is 0 Å². The Balaban J connectivity index is 2.30. The van der Waals surface area contributed by atoms with Crippen molar-refractivity contribution in [1.82, 2.24) is 0 Å². The number of carbonyl (C=O) groups excluding carboxylic acids is 1. The summed E-state index contributed by atoms with van der Waals surface area (Å²) >= 11 is 6.07. The van der Waals surface area contributed by atoms with Gasteiger partial charge in [0.2, 0.25) is 0 Å². The Morgan fingerprint density at radius 1 is 1.35 bits per heavy atom. The molecule has 1 aliphatic rings. The molecule has 2 aromatic rings. The van der Waals surface area contributed by atoms with Crippen molar-refractivity contribution >= 4 is 28.3 Å². The minimum absolute atomic E-state index is 0.250. The molecule has 3 rings (SSSR count).